The third-order valence-corrected chi connectivity index (χ3v) is 8.39. The van der Waals surface area contributed by atoms with Crippen LogP contribution in [0.25, 0.3) is 0 Å². The molecule has 0 unspecified atom stereocenters. The average Bonchev–Trinajstić information content (AvgIpc) is 3.33. The molecule has 3 amide bonds. The smallest absolute Gasteiger partial charge is 0.314 e. The van der Waals surface area contributed by atoms with Gasteiger partial charge >= 0.3 is 6.03 Å². The van der Waals surface area contributed by atoms with Crippen molar-refractivity contribution in [1.29, 1.82) is 0 Å². The van der Waals surface area contributed by atoms with Crippen LogP contribution in [-0.4, -0.2) is 71.9 Å². The molecule has 9 heteroatoms. The fourth-order valence-corrected chi connectivity index (χ4v) is 5.95. The standard InChI is InChI=1S/C30H39F3N4O2/c1-30(2,3)37-17-25(24-8-6-22(32)16-27(24)33)26(18-37)28(38)36-13-10-19(11-14-36)23-7-5-21(31)15-20(23)9-12-35(4)29(34)39/h5-8,15-16,19,25-26H,9-14,17-18H2,1-4H3,(H2,34,39)/t25-,26+/m0/s1. The quantitative estimate of drug-likeness (QED) is 0.564. The number of halogens is 3. The molecule has 0 aliphatic carbocycles. The molecular weight excluding hydrogens is 505 g/mol. The van der Waals surface area contributed by atoms with E-state index in [1.165, 1.54) is 29.2 Å². The van der Waals surface area contributed by atoms with Gasteiger partial charge in [-0.2, -0.15) is 0 Å². The van der Waals surface area contributed by atoms with E-state index in [1.54, 1.807) is 7.05 Å². The molecule has 0 aromatic heterocycles. The molecule has 2 fully saturated rings. The zero-order valence-electron chi connectivity index (χ0n) is 23.2. The van der Waals surface area contributed by atoms with E-state index >= 15 is 0 Å². The summed E-state index contributed by atoms with van der Waals surface area (Å²) in [6.45, 7) is 8.74. The molecule has 0 saturated carbocycles. The largest absolute Gasteiger partial charge is 0.351 e. The lowest BCUT2D eigenvalue weighted by Gasteiger charge is -2.36. The van der Waals surface area contributed by atoms with Gasteiger partial charge in [0.15, 0.2) is 0 Å². The van der Waals surface area contributed by atoms with Crippen molar-refractivity contribution in [3.05, 3.63) is 70.5 Å². The van der Waals surface area contributed by atoms with Crippen molar-refractivity contribution in [2.24, 2.45) is 11.7 Å². The number of nitrogens with zero attached hydrogens (tertiary/aromatic N) is 3. The Labute approximate surface area is 228 Å². The Morgan fingerprint density at radius 1 is 0.974 bits per heavy atom. The highest BCUT2D eigenvalue weighted by molar-refractivity contribution is 5.81. The molecule has 0 bridgehead atoms. The SMILES string of the molecule is CN(CCc1cc(F)ccc1C1CCN(C(=O)[C@@H]2CN(C(C)(C)C)C[C@H]2c2ccc(F)cc2F)CC1)C(N)=O. The van der Waals surface area contributed by atoms with E-state index in [0.29, 0.717) is 44.7 Å². The minimum absolute atomic E-state index is 0.00339. The van der Waals surface area contributed by atoms with Gasteiger partial charge in [-0.05, 0) is 80.8 Å². The number of nitrogens with two attached hydrogens (primary N) is 1. The van der Waals surface area contributed by atoms with Crippen molar-refractivity contribution in [3.8, 4) is 0 Å². The van der Waals surface area contributed by atoms with E-state index in [9.17, 15) is 22.8 Å². The van der Waals surface area contributed by atoms with Gasteiger partial charge in [0.2, 0.25) is 5.91 Å². The zero-order valence-corrected chi connectivity index (χ0v) is 23.2. The van der Waals surface area contributed by atoms with Crippen molar-refractivity contribution in [1.82, 2.24) is 14.7 Å². The number of rotatable bonds is 6. The summed E-state index contributed by atoms with van der Waals surface area (Å²) in [4.78, 5) is 30.7. The van der Waals surface area contributed by atoms with E-state index in [4.69, 9.17) is 5.73 Å². The molecule has 0 radical (unpaired) electrons. The summed E-state index contributed by atoms with van der Waals surface area (Å²) >= 11 is 0. The van der Waals surface area contributed by atoms with Crippen LogP contribution in [0.3, 0.4) is 0 Å². The van der Waals surface area contributed by atoms with Crippen molar-refractivity contribution in [2.75, 3.05) is 39.8 Å². The molecule has 39 heavy (non-hydrogen) atoms. The predicted octanol–water partition coefficient (Wildman–Crippen LogP) is 4.88. The van der Waals surface area contributed by atoms with Gasteiger partial charge in [0.25, 0.3) is 0 Å². The average molecular weight is 545 g/mol. The van der Waals surface area contributed by atoms with E-state index in [1.807, 2.05) is 11.0 Å². The molecule has 2 aliphatic heterocycles. The van der Waals surface area contributed by atoms with E-state index in [0.717, 1.165) is 30.0 Å². The van der Waals surface area contributed by atoms with Crippen LogP contribution in [0.1, 0.15) is 62.1 Å². The highest BCUT2D eigenvalue weighted by Crippen LogP contribution is 2.40. The number of primary amides is 1. The van der Waals surface area contributed by atoms with Crippen molar-refractivity contribution in [2.45, 2.75) is 57.4 Å². The van der Waals surface area contributed by atoms with Crippen molar-refractivity contribution >= 4 is 11.9 Å². The number of likely N-dealkylation sites (N-methyl/N-ethyl adjacent to an activating group) is 1. The zero-order chi connectivity index (χ0) is 28.5. The predicted molar refractivity (Wildman–Crippen MR) is 145 cm³/mol. The van der Waals surface area contributed by atoms with Crippen LogP contribution in [0.5, 0.6) is 0 Å². The monoisotopic (exact) mass is 544 g/mol. The van der Waals surface area contributed by atoms with Crippen LogP contribution < -0.4 is 5.73 Å². The van der Waals surface area contributed by atoms with Gasteiger partial charge in [0, 0.05) is 57.3 Å². The Morgan fingerprint density at radius 2 is 1.59 bits per heavy atom. The fourth-order valence-electron chi connectivity index (χ4n) is 5.95. The minimum Gasteiger partial charge on any atom is -0.351 e. The Balaban J connectivity index is 1.48. The van der Waals surface area contributed by atoms with Gasteiger partial charge in [0.1, 0.15) is 17.5 Å². The Bertz CT molecular complexity index is 1210. The number of hydrogen-bond acceptors (Lipinski definition) is 3. The molecule has 2 aromatic rings. The van der Waals surface area contributed by atoms with Gasteiger partial charge in [-0.25, -0.2) is 18.0 Å². The van der Waals surface area contributed by atoms with E-state index < -0.39 is 23.6 Å². The first-order valence-corrected chi connectivity index (χ1v) is 13.6. The number of likely N-dealkylation sites (tertiary alicyclic amines) is 2. The molecule has 2 N–H and O–H groups in total. The minimum atomic E-state index is -0.631. The van der Waals surface area contributed by atoms with Crippen LogP contribution >= 0.6 is 0 Å². The number of hydrogen-bond donors (Lipinski definition) is 1. The van der Waals surface area contributed by atoms with Gasteiger partial charge in [-0.15, -0.1) is 0 Å². The van der Waals surface area contributed by atoms with E-state index in [2.05, 4.69) is 25.7 Å². The number of urea groups is 1. The topological polar surface area (TPSA) is 69.9 Å². The molecule has 2 aromatic carbocycles. The summed E-state index contributed by atoms with van der Waals surface area (Å²) in [5.74, 6) is -2.20. The molecule has 6 nitrogen and oxygen atoms in total. The maximum absolute atomic E-state index is 14.8. The molecule has 2 saturated heterocycles. The second-order valence-corrected chi connectivity index (χ2v) is 11.9. The van der Waals surface area contributed by atoms with Gasteiger partial charge in [-0.1, -0.05) is 12.1 Å². The Hall–Kier alpha value is -3.07. The first-order valence-electron chi connectivity index (χ1n) is 13.6. The van der Waals surface area contributed by atoms with Crippen LogP contribution in [0.15, 0.2) is 36.4 Å². The van der Waals surface area contributed by atoms with Crippen LogP contribution in [0, 0.1) is 23.4 Å². The van der Waals surface area contributed by atoms with E-state index in [-0.39, 0.29) is 29.1 Å². The lowest BCUT2D eigenvalue weighted by molar-refractivity contribution is -0.136. The molecule has 2 heterocycles. The molecule has 2 atom stereocenters. The Morgan fingerprint density at radius 3 is 2.18 bits per heavy atom. The summed E-state index contributed by atoms with van der Waals surface area (Å²) in [5, 5.41) is 0. The van der Waals surface area contributed by atoms with Crippen LogP contribution in [0.4, 0.5) is 18.0 Å². The second-order valence-electron chi connectivity index (χ2n) is 11.9. The normalized spacial score (nSPS) is 20.8. The molecular formula is C30H39F3N4O2. The molecule has 4 rings (SSSR count). The summed E-state index contributed by atoms with van der Waals surface area (Å²) in [6, 6.07) is 7.87. The molecule has 0 spiro atoms. The van der Waals surface area contributed by atoms with Gasteiger partial charge < -0.3 is 15.5 Å². The second kappa shape index (κ2) is 11.6. The lowest BCUT2D eigenvalue weighted by atomic mass is 9.84. The first-order chi connectivity index (χ1) is 18.3. The number of piperidine rings is 1. The maximum Gasteiger partial charge on any atom is 0.314 e. The molecule has 2 aliphatic rings. The number of amides is 3. The third kappa shape index (κ3) is 6.57. The number of benzene rings is 2. The Kier molecular flexibility index (Phi) is 8.59. The first kappa shape index (κ1) is 28.9. The summed E-state index contributed by atoms with van der Waals surface area (Å²) < 4.78 is 42.5. The maximum atomic E-state index is 14.8. The van der Waals surface area contributed by atoms with Crippen LogP contribution in [-0.2, 0) is 11.2 Å². The van der Waals surface area contributed by atoms with Gasteiger partial charge in [0.05, 0.1) is 5.92 Å². The summed E-state index contributed by atoms with van der Waals surface area (Å²) in [6.07, 6.45) is 1.93. The van der Waals surface area contributed by atoms with Crippen LogP contribution in [0.2, 0.25) is 0 Å². The van der Waals surface area contributed by atoms with Gasteiger partial charge in [-0.3, -0.25) is 9.69 Å². The van der Waals surface area contributed by atoms with Crippen molar-refractivity contribution < 1.29 is 22.8 Å². The van der Waals surface area contributed by atoms with Crippen molar-refractivity contribution in [3.63, 3.8) is 0 Å². The summed E-state index contributed by atoms with van der Waals surface area (Å²) in [7, 11) is 1.61. The highest BCUT2D eigenvalue weighted by Gasteiger charge is 2.44. The molecule has 212 valence electrons. The third-order valence-electron chi connectivity index (χ3n) is 8.39. The highest BCUT2D eigenvalue weighted by atomic mass is 19.1. The number of carbonyl (C=O) groups is 2. The summed E-state index contributed by atoms with van der Waals surface area (Å²) in [5.41, 5.74) is 7.40. The lowest BCUT2D eigenvalue weighted by Crippen LogP contribution is -2.44. The number of carbonyl (C=O) groups excluding carboxylic acids is 2. The fraction of sp³-hybridized carbons (Fsp3) is 0.533.